The molecule has 2 aromatic heterocycles. The molecule has 0 N–H and O–H groups in total. The molecule has 1 amide bonds. The van der Waals surface area contributed by atoms with Gasteiger partial charge in [0.2, 0.25) is 0 Å². The Kier molecular flexibility index (Phi) is 5.77. The molecular weight excluding hydrogens is 412 g/mol. The van der Waals surface area contributed by atoms with Crippen LogP contribution >= 0.6 is 22.7 Å². The van der Waals surface area contributed by atoms with E-state index in [4.69, 9.17) is 14.2 Å². The number of amides is 1. The van der Waals surface area contributed by atoms with Crippen molar-refractivity contribution in [3.63, 3.8) is 0 Å². The van der Waals surface area contributed by atoms with Crippen molar-refractivity contribution >= 4 is 50.8 Å². The molecule has 9 heteroatoms. The van der Waals surface area contributed by atoms with Gasteiger partial charge in [-0.05, 0) is 17.5 Å². The second-order valence-corrected chi connectivity index (χ2v) is 8.11. The van der Waals surface area contributed by atoms with Crippen molar-refractivity contribution in [2.24, 2.45) is 4.99 Å². The molecule has 0 unspecified atom stereocenters. The first-order valence-electron chi connectivity index (χ1n) is 8.94. The largest absolute Gasteiger partial charge is 0.486 e. The van der Waals surface area contributed by atoms with E-state index in [1.165, 1.54) is 24.5 Å². The second kappa shape index (κ2) is 8.62. The molecule has 150 valence electrons. The Morgan fingerprint density at radius 1 is 1.28 bits per heavy atom. The summed E-state index contributed by atoms with van der Waals surface area (Å²) in [6.07, 6.45) is 3.35. The Morgan fingerprint density at radius 2 is 2.07 bits per heavy atom. The fraction of sp³-hybridized carbons (Fsp3) is 0.250. The fourth-order valence-corrected chi connectivity index (χ4v) is 4.57. The number of aryl methyl sites for hydroxylation is 1. The molecule has 7 nitrogen and oxygen atoms in total. The molecular formula is C20H18N2O5S2. The molecule has 0 saturated carbocycles. The molecule has 0 aliphatic carbocycles. The molecule has 3 heterocycles. The minimum atomic E-state index is -0.367. The molecule has 0 atom stereocenters. The monoisotopic (exact) mass is 430 g/mol. The summed E-state index contributed by atoms with van der Waals surface area (Å²) in [5.74, 6) is 0.614. The van der Waals surface area contributed by atoms with Gasteiger partial charge in [-0.2, -0.15) is 4.99 Å². The topological polar surface area (TPSA) is 79.1 Å². The zero-order chi connectivity index (χ0) is 20.2. The summed E-state index contributed by atoms with van der Waals surface area (Å²) in [7, 11) is 1.35. The quantitative estimate of drug-likeness (QED) is 0.459. The van der Waals surface area contributed by atoms with E-state index in [9.17, 15) is 9.59 Å². The summed E-state index contributed by atoms with van der Waals surface area (Å²) in [6, 6.07) is 7.59. The lowest BCUT2D eigenvalue weighted by Gasteiger charge is -2.18. The number of hydrogen-bond donors (Lipinski definition) is 0. The lowest BCUT2D eigenvalue weighted by molar-refractivity contribution is -0.140. The zero-order valence-electron chi connectivity index (χ0n) is 15.6. The Hall–Kier alpha value is -2.91. The number of methoxy groups -OCH3 is 1. The van der Waals surface area contributed by atoms with Crippen molar-refractivity contribution in [3.05, 3.63) is 45.4 Å². The van der Waals surface area contributed by atoms with Crippen molar-refractivity contribution in [1.82, 2.24) is 4.57 Å². The van der Waals surface area contributed by atoms with E-state index >= 15 is 0 Å². The number of carbonyl (C=O) groups is 2. The molecule has 0 bridgehead atoms. The summed E-state index contributed by atoms with van der Waals surface area (Å²) in [4.78, 5) is 29.8. The van der Waals surface area contributed by atoms with E-state index in [-0.39, 0.29) is 18.3 Å². The van der Waals surface area contributed by atoms with Gasteiger partial charge in [0, 0.05) is 29.6 Å². The van der Waals surface area contributed by atoms with Gasteiger partial charge < -0.3 is 18.8 Å². The van der Waals surface area contributed by atoms with E-state index in [1.807, 2.05) is 34.2 Å². The molecule has 1 aromatic carbocycles. The number of thiophene rings is 1. The van der Waals surface area contributed by atoms with E-state index in [2.05, 4.69) is 4.99 Å². The van der Waals surface area contributed by atoms with Crippen LogP contribution in [-0.4, -0.2) is 36.8 Å². The number of carbonyl (C=O) groups excluding carboxylic acids is 2. The van der Waals surface area contributed by atoms with Gasteiger partial charge in [0.25, 0.3) is 5.91 Å². The van der Waals surface area contributed by atoms with Crippen LogP contribution in [0, 0.1) is 0 Å². The second-order valence-electron chi connectivity index (χ2n) is 6.12. The number of ether oxygens (including phenoxy) is 3. The number of aromatic nitrogens is 1. The van der Waals surface area contributed by atoms with Gasteiger partial charge in [-0.15, -0.1) is 11.3 Å². The van der Waals surface area contributed by atoms with Crippen LogP contribution in [0.25, 0.3) is 16.3 Å². The lowest BCUT2D eigenvalue weighted by Crippen LogP contribution is -2.19. The summed E-state index contributed by atoms with van der Waals surface area (Å²) < 4.78 is 18.8. The van der Waals surface area contributed by atoms with Gasteiger partial charge in [-0.1, -0.05) is 17.4 Å². The van der Waals surface area contributed by atoms with Crippen LogP contribution in [0.4, 0.5) is 0 Å². The highest BCUT2D eigenvalue weighted by molar-refractivity contribution is 7.16. The molecule has 0 fully saturated rings. The minimum absolute atomic E-state index is 0.170. The molecule has 1 aliphatic rings. The van der Waals surface area contributed by atoms with Crippen molar-refractivity contribution in [1.29, 1.82) is 0 Å². The highest BCUT2D eigenvalue weighted by Crippen LogP contribution is 2.35. The van der Waals surface area contributed by atoms with Gasteiger partial charge in [-0.3, -0.25) is 9.59 Å². The molecule has 0 spiro atoms. The summed E-state index contributed by atoms with van der Waals surface area (Å²) >= 11 is 2.91. The van der Waals surface area contributed by atoms with Crippen molar-refractivity contribution < 1.29 is 23.8 Å². The number of benzene rings is 1. The van der Waals surface area contributed by atoms with E-state index < -0.39 is 0 Å². The Labute approximate surface area is 174 Å². The van der Waals surface area contributed by atoms with Crippen LogP contribution in [0.3, 0.4) is 0 Å². The standard InChI is InChI=1S/C20H18N2O5S2/c1-25-19(24)6-7-22-14-11-15-16(27-9-8-26-15)12-17(14)29-20(22)21-18(23)5-4-13-3-2-10-28-13/h2-5,10-12H,6-9H2,1H3/b5-4+,21-20?. The van der Waals surface area contributed by atoms with Crippen LogP contribution in [0.15, 0.2) is 40.7 Å². The number of nitrogens with zero attached hydrogens (tertiary/aromatic N) is 2. The molecule has 1 aliphatic heterocycles. The number of hydrogen-bond acceptors (Lipinski definition) is 7. The smallest absolute Gasteiger partial charge is 0.307 e. The molecule has 0 saturated heterocycles. The molecule has 3 aromatic rings. The first-order valence-corrected chi connectivity index (χ1v) is 10.6. The van der Waals surface area contributed by atoms with Crippen LogP contribution in [0.2, 0.25) is 0 Å². The fourth-order valence-electron chi connectivity index (χ4n) is 2.88. The minimum Gasteiger partial charge on any atom is -0.486 e. The summed E-state index contributed by atoms with van der Waals surface area (Å²) in [5.41, 5.74) is 0.830. The number of esters is 1. The van der Waals surface area contributed by atoms with Gasteiger partial charge >= 0.3 is 5.97 Å². The highest BCUT2D eigenvalue weighted by Gasteiger charge is 2.17. The van der Waals surface area contributed by atoms with E-state index in [1.54, 1.807) is 17.4 Å². The lowest BCUT2D eigenvalue weighted by atomic mass is 10.2. The Bertz CT molecular complexity index is 1140. The van der Waals surface area contributed by atoms with Crippen molar-refractivity contribution in [2.75, 3.05) is 20.3 Å². The van der Waals surface area contributed by atoms with Gasteiger partial charge in [-0.25, -0.2) is 0 Å². The maximum atomic E-state index is 12.4. The Morgan fingerprint density at radius 3 is 2.79 bits per heavy atom. The maximum Gasteiger partial charge on any atom is 0.307 e. The first-order chi connectivity index (χ1) is 14.1. The van der Waals surface area contributed by atoms with Gasteiger partial charge in [0.15, 0.2) is 16.3 Å². The van der Waals surface area contributed by atoms with Crippen molar-refractivity contribution in [3.8, 4) is 11.5 Å². The molecule has 0 radical (unpaired) electrons. The number of rotatable bonds is 5. The van der Waals surface area contributed by atoms with Crippen molar-refractivity contribution in [2.45, 2.75) is 13.0 Å². The average Bonchev–Trinajstić information content (AvgIpc) is 3.36. The SMILES string of the molecule is COC(=O)CCn1c(=NC(=O)/C=C/c2cccs2)sc2cc3c(cc21)OCCO3. The number of thiazole rings is 1. The third-order valence-corrected chi connectivity index (χ3v) is 6.13. The van der Waals surface area contributed by atoms with Crippen LogP contribution < -0.4 is 14.3 Å². The Balaban J connectivity index is 1.74. The predicted octanol–water partition coefficient (Wildman–Crippen LogP) is 3.24. The van der Waals surface area contributed by atoms with Crippen LogP contribution in [0.5, 0.6) is 11.5 Å². The first kappa shape index (κ1) is 19.4. The normalized spacial score (nSPS) is 13.9. The highest BCUT2D eigenvalue weighted by atomic mass is 32.1. The van der Waals surface area contributed by atoms with Crippen LogP contribution in [0.1, 0.15) is 11.3 Å². The summed E-state index contributed by atoms with van der Waals surface area (Å²) in [6.45, 7) is 1.32. The summed E-state index contributed by atoms with van der Waals surface area (Å²) in [5, 5.41) is 1.94. The average molecular weight is 431 g/mol. The zero-order valence-corrected chi connectivity index (χ0v) is 17.3. The third kappa shape index (κ3) is 4.41. The number of fused-ring (bicyclic) bond motifs is 2. The van der Waals surface area contributed by atoms with E-state index in [0.717, 1.165) is 15.1 Å². The maximum absolute atomic E-state index is 12.4. The molecule has 29 heavy (non-hydrogen) atoms. The van der Waals surface area contributed by atoms with Gasteiger partial charge in [0.05, 0.1) is 23.7 Å². The van der Waals surface area contributed by atoms with E-state index in [0.29, 0.717) is 36.1 Å². The van der Waals surface area contributed by atoms with Crippen LogP contribution in [-0.2, 0) is 20.9 Å². The molecule has 4 rings (SSSR count). The predicted molar refractivity (Wildman–Crippen MR) is 111 cm³/mol. The van der Waals surface area contributed by atoms with Gasteiger partial charge in [0.1, 0.15) is 13.2 Å². The third-order valence-electron chi connectivity index (χ3n) is 4.25.